The van der Waals surface area contributed by atoms with Gasteiger partial charge in [0.05, 0.1) is 13.7 Å². The van der Waals surface area contributed by atoms with E-state index in [-0.39, 0.29) is 12.5 Å². The normalized spacial score (nSPS) is 11.7. The molecule has 2 rings (SSSR count). The first-order chi connectivity index (χ1) is 11.1. The van der Waals surface area contributed by atoms with Crippen LogP contribution in [0.25, 0.3) is 0 Å². The van der Waals surface area contributed by atoms with Gasteiger partial charge in [-0.2, -0.15) is 5.10 Å². The van der Waals surface area contributed by atoms with Crippen LogP contribution in [0.2, 0.25) is 0 Å². The van der Waals surface area contributed by atoms with Gasteiger partial charge in [0.2, 0.25) is 0 Å². The molecule has 3 N–H and O–H groups in total. The lowest BCUT2D eigenvalue weighted by molar-refractivity contribution is 0.0911. The number of aliphatic hydroxyl groups is 1. The van der Waals surface area contributed by atoms with Crippen molar-refractivity contribution in [1.82, 2.24) is 20.1 Å². The summed E-state index contributed by atoms with van der Waals surface area (Å²) in [4.78, 5) is 12.3. The highest BCUT2D eigenvalue weighted by molar-refractivity contribution is 7.71. The fraction of sp³-hybridized carbons (Fsp3) is 0.267. The summed E-state index contributed by atoms with van der Waals surface area (Å²) in [5, 5.41) is 19.1. The maximum Gasteiger partial charge on any atom is 0.251 e. The number of amides is 1. The van der Waals surface area contributed by atoms with Crippen molar-refractivity contribution in [3.05, 3.63) is 53.1 Å². The molecule has 0 aliphatic rings. The average molecular weight is 334 g/mol. The molecule has 1 aromatic heterocycles. The number of ether oxygens (including phenoxy) is 1. The molecule has 0 aliphatic carbocycles. The van der Waals surface area contributed by atoms with E-state index in [0.29, 0.717) is 28.5 Å². The molecule has 1 heterocycles. The number of aliphatic hydroxyl groups excluding tert-OH is 1. The van der Waals surface area contributed by atoms with Crippen LogP contribution in [0.3, 0.4) is 0 Å². The Morgan fingerprint density at radius 2 is 2.26 bits per heavy atom. The molecule has 0 spiro atoms. The molecule has 0 radical (unpaired) electrons. The predicted molar refractivity (Wildman–Crippen MR) is 87.9 cm³/mol. The number of H-pyrrole nitrogens is 1. The van der Waals surface area contributed by atoms with Crippen LogP contribution in [0.4, 0.5) is 0 Å². The van der Waals surface area contributed by atoms with Gasteiger partial charge in [0.15, 0.2) is 10.6 Å². The van der Waals surface area contributed by atoms with Crippen LogP contribution in [0.5, 0.6) is 5.75 Å². The first-order valence-corrected chi connectivity index (χ1v) is 7.33. The molecule has 1 atom stereocenters. The van der Waals surface area contributed by atoms with Crippen LogP contribution >= 0.6 is 12.2 Å². The van der Waals surface area contributed by atoms with Crippen molar-refractivity contribution in [3.63, 3.8) is 0 Å². The molecule has 0 fully saturated rings. The Bertz CT molecular complexity index is 736. The molecular weight excluding hydrogens is 316 g/mol. The van der Waals surface area contributed by atoms with Crippen LogP contribution in [0.15, 0.2) is 36.9 Å². The van der Waals surface area contributed by atoms with E-state index >= 15 is 0 Å². The number of hydrogen-bond donors (Lipinski definition) is 3. The number of aromatic amines is 1. The van der Waals surface area contributed by atoms with Gasteiger partial charge in [-0.25, -0.2) is 0 Å². The summed E-state index contributed by atoms with van der Waals surface area (Å²) in [5.74, 6) is 0.775. The summed E-state index contributed by atoms with van der Waals surface area (Å²) in [6.45, 7) is 3.78. The second-order valence-corrected chi connectivity index (χ2v) is 5.11. The standard InChI is InChI=1S/C15H18N4O3S/c1-3-8-19-13(17-18-15(19)23)12(9-20)16-14(21)10-4-6-11(22-2)7-5-10/h3-7,12,20H,1,8-9H2,2H3,(H,16,21)(H,18,23). The highest BCUT2D eigenvalue weighted by Crippen LogP contribution is 2.14. The van der Waals surface area contributed by atoms with Crippen molar-refractivity contribution in [3.8, 4) is 5.75 Å². The van der Waals surface area contributed by atoms with Crippen LogP contribution in [0.1, 0.15) is 22.2 Å². The van der Waals surface area contributed by atoms with E-state index in [2.05, 4.69) is 22.1 Å². The topological polar surface area (TPSA) is 92.2 Å². The van der Waals surface area contributed by atoms with Gasteiger partial charge in [-0.15, -0.1) is 6.58 Å². The van der Waals surface area contributed by atoms with Crippen molar-refractivity contribution in [2.45, 2.75) is 12.6 Å². The third-order valence-electron chi connectivity index (χ3n) is 3.25. The third-order valence-corrected chi connectivity index (χ3v) is 3.56. The number of methoxy groups -OCH3 is 1. The highest BCUT2D eigenvalue weighted by atomic mass is 32.1. The summed E-state index contributed by atoms with van der Waals surface area (Å²) in [6, 6.07) is 5.98. The molecule has 1 aromatic carbocycles. The number of carbonyl (C=O) groups is 1. The monoisotopic (exact) mass is 334 g/mol. The summed E-state index contributed by atoms with van der Waals surface area (Å²) in [6.07, 6.45) is 1.66. The number of allylic oxidation sites excluding steroid dienone is 1. The molecular formula is C15H18N4O3S. The van der Waals surface area contributed by atoms with Crippen molar-refractivity contribution >= 4 is 18.1 Å². The smallest absolute Gasteiger partial charge is 0.251 e. The molecule has 1 unspecified atom stereocenters. The zero-order valence-corrected chi connectivity index (χ0v) is 13.5. The van der Waals surface area contributed by atoms with Crippen molar-refractivity contribution in [2.75, 3.05) is 13.7 Å². The number of hydrogen-bond acceptors (Lipinski definition) is 5. The first kappa shape index (κ1) is 16.9. The van der Waals surface area contributed by atoms with Crippen LogP contribution in [-0.4, -0.2) is 39.5 Å². The van der Waals surface area contributed by atoms with Crippen LogP contribution in [-0.2, 0) is 6.54 Å². The van der Waals surface area contributed by atoms with Crippen molar-refractivity contribution in [1.29, 1.82) is 0 Å². The van der Waals surface area contributed by atoms with Gasteiger partial charge in [-0.3, -0.25) is 14.5 Å². The molecule has 0 saturated carbocycles. The Morgan fingerprint density at radius 3 is 2.83 bits per heavy atom. The van der Waals surface area contributed by atoms with Gasteiger partial charge in [0.25, 0.3) is 5.91 Å². The number of rotatable bonds is 7. The molecule has 0 bridgehead atoms. The van der Waals surface area contributed by atoms with E-state index in [9.17, 15) is 9.90 Å². The van der Waals surface area contributed by atoms with E-state index in [4.69, 9.17) is 17.0 Å². The van der Waals surface area contributed by atoms with Gasteiger partial charge in [0, 0.05) is 12.1 Å². The largest absolute Gasteiger partial charge is 0.497 e. The zero-order chi connectivity index (χ0) is 16.8. The van der Waals surface area contributed by atoms with Crippen molar-refractivity contribution < 1.29 is 14.6 Å². The van der Waals surface area contributed by atoms with E-state index < -0.39 is 6.04 Å². The zero-order valence-electron chi connectivity index (χ0n) is 12.7. The Hall–Kier alpha value is -2.45. The molecule has 2 aromatic rings. The molecule has 122 valence electrons. The maximum absolute atomic E-state index is 12.3. The SMILES string of the molecule is C=CCn1c(C(CO)NC(=O)c2ccc(OC)cc2)n[nH]c1=S. The molecule has 8 heteroatoms. The Morgan fingerprint density at radius 1 is 1.57 bits per heavy atom. The van der Waals surface area contributed by atoms with E-state index in [0.717, 1.165) is 0 Å². The van der Waals surface area contributed by atoms with Crippen molar-refractivity contribution in [2.24, 2.45) is 0 Å². The van der Waals surface area contributed by atoms with Gasteiger partial charge in [-0.1, -0.05) is 6.08 Å². The Kier molecular flexibility index (Phi) is 5.67. The lowest BCUT2D eigenvalue weighted by Gasteiger charge is -2.16. The minimum atomic E-state index is -0.683. The summed E-state index contributed by atoms with van der Waals surface area (Å²) in [7, 11) is 1.55. The number of nitrogens with zero attached hydrogens (tertiary/aromatic N) is 2. The average Bonchev–Trinajstić information content (AvgIpc) is 2.94. The minimum absolute atomic E-state index is 0.307. The number of benzene rings is 1. The fourth-order valence-corrected chi connectivity index (χ4v) is 2.29. The molecule has 23 heavy (non-hydrogen) atoms. The van der Waals surface area contributed by atoms with Gasteiger partial charge >= 0.3 is 0 Å². The second-order valence-electron chi connectivity index (χ2n) is 4.72. The third kappa shape index (κ3) is 3.85. The highest BCUT2D eigenvalue weighted by Gasteiger charge is 2.20. The predicted octanol–water partition coefficient (Wildman–Crippen LogP) is 1.60. The Balaban J connectivity index is 2.20. The molecule has 1 amide bonds. The van der Waals surface area contributed by atoms with Crippen LogP contribution in [0, 0.1) is 4.77 Å². The van der Waals surface area contributed by atoms with Gasteiger partial charge in [-0.05, 0) is 36.5 Å². The number of carbonyl (C=O) groups excluding carboxylic acids is 1. The minimum Gasteiger partial charge on any atom is -0.497 e. The summed E-state index contributed by atoms with van der Waals surface area (Å²) >= 11 is 5.13. The van der Waals surface area contributed by atoms with Gasteiger partial charge < -0.3 is 15.2 Å². The molecule has 0 saturated heterocycles. The lowest BCUT2D eigenvalue weighted by Crippen LogP contribution is -2.32. The number of aromatic nitrogens is 3. The van der Waals surface area contributed by atoms with Crippen LogP contribution < -0.4 is 10.1 Å². The summed E-state index contributed by atoms with van der Waals surface area (Å²) < 4.78 is 7.12. The Labute approximate surface area is 138 Å². The number of nitrogens with one attached hydrogen (secondary N) is 2. The fourth-order valence-electron chi connectivity index (χ4n) is 2.08. The van der Waals surface area contributed by atoms with E-state index in [1.807, 2.05) is 0 Å². The maximum atomic E-state index is 12.3. The first-order valence-electron chi connectivity index (χ1n) is 6.92. The lowest BCUT2D eigenvalue weighted by atomic mass is 10.2. The van der Waals surface area contributed by atoms with Gasteiger partial charge in [0.1, 0.15) is 11.8 Å². The van der Waals surface area contributed by atoms with E-state index in [1.54, 1.807) is 42.0 Å². The molecule has 7 nitrogen and oxygen atoms in total. The van der Waals surface area contributed by atoms with E-state index in [1.165, 1.54) is 0 Å². The summed E-state index contributed by atoms with van der Waals surface area (Å²) in [5.41, 5.74) is 0.452. The second kappa shape index (κ2) is 7.70. The quantitative estimate of drug-likeness (QED) is 0.528. The molecule has 0 aliphatic heterocycles.